The smallest absolute Gasteiger partial charge is 0.243 e. The zero-order valence-electron chi connectivity index (χ0n) is 42.9. The van der Waals surface area contributed by atoms with Gasteiger partial charge in [-0.1, -0.05) is 84.2 Å². The highest BCUT2D eigenvalue weighted by atomic mass is 16.3. The second-order valence-electron chi connectivity index (χ2n) is 19.2. The molecular formula is C49H85N13O10. The Kier molecular flexibility index (Phi) is 29.3. The van der Waals surface area contributed by atoms with Gasteiger partial charge in [0.15, 0.2) is 0 Å². The molecule has 72 heavy (non-hydrogen) atoms. The van der Waals surface area contributed by atoms with Crippen molar-refractivity contribution in [3.63, 3.8) is 0 Å². The van der Waals surface area contributed by atoms with Crippen molar-refractivity contribution < 1.29 is 48.3 Å². The molecule has 9 amide bonds. The Labute approximate surface area is 424 Å². The van der Waals surface area contributed by atoms with Gasteiger partial charge in [0.2, 0.25) is 53.2 Å². The Morgan fingerprint density at radius 3 is 1.56 bits per heavy atom. The number of nitrogens with one attached hydrogen (secondary N) is 9. The van der Waals surface area contributed by atoms with E-state index >= 15 is 0 Å². The molecule has 1 aliphatic heterocycles. The normalized spacial score (nSPS) is 23.3. The van der Waals surface area contributed by atoms with E-state index in [1.807, 2.05) is 34.6 Å². The molecule has 0 unspecified atom stereocenters. The van der Waals surface area contributed by atoms with Crippen LogP contribution in [0.2, 0.25) is 0 Å². The maximum absolute atomic E-state index is 14.3. The van der Waals surface area contributed by atoms with Gasteiger partial charge in [-0.25, -0.2) is 0 Å². The second kappa shape index (κ2) is 33.8. The van der Waals surface area contributed by atoms with Crippen LogP contribution >= 0.6 is 0 Å². The monoisotopic (exact) mass is 1020 g/mol. The van der Waals surface area contributed by atoms with Crippen molar-refractivity contribution in [1.82, 2.24) is 47.9 Å². The van der Waals surface area contributed by atoms with Gasteiger partial charge in [-0.3, -0.25) is 43.2 Å². The van der Waals surface area contributed by atoms with Crippen LogP contribution in [0.15, 0.2) is 30.3 Å². The standard InChI is InChI=1S/C49H85N13O10/c1-6-7-9-14-32(63)28-41(64)55-33(15-20-50)43(66)59-37-19-24-54-42(65)38(25-29(2)3)60-45(68)35(17-22-52)56-44(67)34(16-21-51)58-48(71)39(26-30(4)5)61-49(72)40(27-31-12-10-8-11-13-31)62-46(69)36(18-23-53)57-47(37)70/h8,10-13,29-30,32-40,63H,6-7,9,14-28,50-53H2,1-5H3,(H,54,65)(H,55,64)(H,56,67)(H,57,70)(H,58,71)(H,59,66)(H,60,68)(H,61,72)(H,62,69)/t32-,33+,34+,35+,36+,37+,38+,39+,40-/m1/s1. The highest BCUT2D eigenvalue weighted by molar-refractivity contribution is 5.98. The van der Waals surface area contributed by atoms with E-state index in [2.05, 4.69) is 47.9 Å². The number of benzene rings is 1. The number of hydrogen-bond donors (Lipinski definition) is 14. The van der Waals surface area contributed by atoms with E-state index in [0.29, 0.717) is 18.4 Å². The first kappa shape index (κ1) is 62.4. The summed E-state index contributed by atoms with van der Waals surface area (Å²) in [5.74, 6) is -7.09. The van der Waals surface area contributed by atoms with Crippen LogP contribution in [0.25, 0.3) is 0 Å². The molecule has 1 fully saturated rings. The lowest BCUT2D eigenvalue weighted by molar-refractivity contribution is -0.136. The molecule has 23 nitrogen and oxygen atoms in total. The second-order valence-corrected chi connectivity index (χ2v) is 19.2. The van der Waals surface area contributed by atoms with Crippen LogP contribution in [0, 0.1) is 11.8 Å². The molecule has 18 N–H and O–H groups in total. The van der Waals surface area contributed by atoms with Crippen molar-refractivity contribution in [2.24, 2.45) is 34.8 Å². The summed E-state index contributed by atoms with van der Waals surface area (Å²) in [6.45, 7) is 8.81. The summed E-state index contributed by atoms with van der Waals surface area (Å²) < 4.78 is 0. The molecule has 1 saturated heterocycles. The summed E-state index contributed by atoms with van der Waals surface area (Å²) in [5, 5.41) is 34.6. The summed E-state index contributed by atoms with van der Waals surface area (Å²) in [5.41, 5.74) is 24.2. The quantitative estimate of drug-likeness (QED) is 0.0502. The Balaban J connectivity index is 2.71. The molecule has 0 bridgehead atoms. The predicted octanol–water partition coefficient (Wildman–Crippen LogP) is -2.55. The zero-order chi connectivity index (χ0) is 53.8. The molecule has 1 aliphatic rings. The van der Waals surface area contributed by atoms with E-state index in [1.165, 1.54) is 0 Å². The molecule has 1 aromatic rings. The van der Waals surface area contributed by atoms with Gasteiger partial charge in [-0.2, -0.15) is 0 Å². The number of nitrogens with two attached hydrogens (primary N) is 4. The Morgan fingerprint density at radius 1 is 0.611 bits per heavy atom. The maximum atomic E-state index is 14.3. The third-order valence-electron chi connectivity index (χ3n) is 11.9. The fourth-order valence-electron chi connectivity index (χ4n) is 8.04. The zero-order valence-corrected chi connectivity index (χ0v) is 42.9. The summed E-state index contributed by atoms with van der Waals surface area (Å²) in [6, 6.07) is -1.58. The third-order valence-corrected chi connectivity index (χ3v) is 11.9. The molecular weight excluding hydrogens is 931 g/mol. The summed E-state index contributed by atoms with van der Waals surface area (Å²) in [6.07, 6.45) is 1.30. The number of unbranched alkanes of at least 4 members (excludes halogenated alkanes) is 2. The molecule has 406 valence electrons. The molecule has 0 spiro atoms. The highest BCUT2D eigenvalue weighted by Gasteiger charge is 2.35. The number of carbonyl (C=O) groups is 9. The molecule has 2 rings (SSSR count). The number of aliphatic hydroxyl groups is 1. The van der Waals surface area contributed by atoms with Crippen molar-refractivity contribution in [1.29, 1.82) is 0 Å². The van der Waals surface area contributed by atoms with E-state index < -0.39 is 108 Å². The van der Waals surface area contributed by atoms with Gasteiger partial charge in [0.05, 0.1) is 12.5 Å². The van der Waals surface area contributed by atoms with Crippen molar-refractivity contribution in [2.45, 2.75) is 173 Å². The number of carbonyl (C=O) groups excluding carboxylic acids is 9. The minimum atomic E-state index is -1.47. The van der Waals surface area contributed by atoms with Gasteiger partial charge in [0.25, 0.3) is 0 Å². The molecule has 9 atom stereocenters. The van der Waals surface area contributed by atoms with Crippen LogP contribution in [0.1, 0.15) is 117 Å². The first-order valence-corrected chi connectivity index (χ1v) is 25.5. The lowest BCUT2D eigenvalue weighted by Gasteiger charge is -2.28. The van der Waals surface area contributed by atoms with Crippen LogP contribution in [0.3, 0.4) is 0 Å². The first-order valence-electron chi connectivity index (χ1n) is 25.5. The fourth-order valence-corrected chi connectivity index (χ4v) is 8.04. The topological polar surface area (TPSA) is 386 Å². The molecule has 0 saturated carbocycles. The van der Waals surface area contributed by atoms with Gasteiger partial charge in [0.1, 0.15) is 48.3 Å². The molecule has 0 aromatic heterocycles. The van der Waals surface area contributed by atoms with Crippen molar-refractivity contribution in [3.05, 3.63) is 35.9 Å². The van der Waals surface area contributed by atoms with Gasteiger partial charge in [-0.05, 0) is 94.9 Å². The van der Waals surface area contributed by atoms with E-state index in [-0.39, 0.29) is 102 Å². The van der Waals surface area contributed by atoms with Crippen LogP contribution < -0.4 is 70.8 Å². The summed E-state index contributed by atoms with van der Waals surface area (Å²) in [4.78, 5) is 126. The minimum absolute atomic E-state index is 0.0449. The number of rotatable bonds is 23. The lowest BCUT2D eigenvalue weighted by Crippen LogP contribution is -2.61. The van der Waals surface area contributed by atoms with Gasteiger partial charge in [0, 0.05) is 13.0 Å². The lowest BCUT2D eigenvalue weighted by atomic mass is 10.00. The van der Waals surface area contributed by atoms with Crippen molar-refractivity contribution in [2.75, 3.05) is 32.7 Å². The molecule has 1 heterocycles. The average molecular weight is 1020 g/mol. The first-order chi connectivity index (χ1) is 34.3. The molecule has 23 heteroatoms. The number of amides is 9. The Morgan fingerprint density at radius 2 is 1.07 bits per heavy atom. The van der Waals surface area contributed by atoms with E-state index in [0.717, 1.165) is 12.8 Å². The molecule has 0 radical (unpaired) electrons. The van der Waals surface area contributed by atoms with E-state index in [9.17, 15) is 48.3 Å². The molecule has 1 aromatic carbocycles. The molecule has 0 aliphatic carbocycles. The minimum Gasteiger partial charge on any atom is -0.393 e. The van der Waals surface area contributed by atoms with Crippen LogP contribution in [-0.4, -0.2) is 145 Å². The van der Waals surface area contributed by atoms with Gasteiger partial charge < -0.3 is 75.9 Å². The average Bonchev–Trinajstić information content (AvgIpc) is 3.31. The number of hydrogen-bond acceptors (Lipinski definition) is 14. The van der Waals surface area contributed by atoms with Crippen molar-refractivity contribution >= 4 is 53.2 Å². The van der Waals surface area contributed by atoms with Crippen LogP contribution in [0.4, 0.5) is 0 Å². The maximum Gasteiger partial charge on any atom is 0.243 e. The highest BCUT2D eigenvalue weighted by Crippen LogP contribution is 2.12. The third kappa shape index (κ3) is 23.2. The largest absolute Gasteiger partial charge is 0.393 e. The van der Waals surface area contributed by atoms with Crippen LogP contribution in [0.5, 0.6) is 0 Å². The summed E-state index contributed by atoms with van der Waals surface area (Å²) in [7, 11) is 0. The number of aliphatic hydroxyl groups excluding tert-OH is 1. The summed E-state index contributed by atoms with van der Waals surface area (Å²) >= 11 is 0. The van der Waals surface area contributed by atoms with Gasteiger partial charge >= 0.3 is 0 Å². The predicted molar refractivity (Wildman–Crippen MR) is 272 cm³/mol. The van der Waals surface area contributed by atoms with E-state index in [4.69, 9.17) is 22.9 Å². The SMILES string of the molecule is CCCCC[C@@H](O)CC(=O)N[C@@H](CCN)C(=O)N[C@H]1CCNC(=O)[C@H](CC(C)C)NC(=O)[C@H](CCN)NC(=O)[C@H](CCN)NC(=O)[C@H](CC(C)C)NC(=O)[C@@H](Cc2ccccc2)NC(=O)[C@H](CCN)NC1=O. The fraction of sp³-hybridized carbons (Fsp3) is 0.694. The van der Waals surface area contributed by atoms with E-state index in [1.54, 1.807) is 30.3 Å². The Hall–Kier alpha value is -5.75. The van der Waals surface area contributed by atoms with Gasteiger partial charge in [-0.15, -0.1) is 0 Å². The van der Waals surface area contributed by atoms with Crippen LogP contribution in [-0.2, 0) is 49.6 Å². The Bertz CT molecular complexity index is 1890. The van der Waals surface area contributed by atoms with Crippen molar-refractivity contribution in [3.8, 4) is 0 Å².